The van der Waals surface area contributed by atoms with E-state index in [4.69, 9.17) is 10.5 Å². The van der Waals surface area contributed by atoms with Crippen LogP contribution in [0.4, 0.5) is 0 Å². The van der Waals surface area contributed by atoms with Crippen molar-refractivity contribution >= 4 is 5.91 Å². The maximum atomic E-state index is 12.0. The highest BCUT2D eigenvalue weighted by atomic mass is 16.5. The maximum Gasteiger partial charge on any atom is 0.257 e. The summed E-state index contributed by atoms with van der Waals surface area (Å²) < 4.78 is 4.96. The summed E-state index contributed by atoms with van der Waals surface area (Å²) in [5.41, 5.74) is 5.81. The highest BCUT2D eigenvalue weighted by Gasteiger charge is 2.31. The number of amides is 1. The zero-order valence-corrected chi connectivity index (χ0v) is 9.72. The number of carbonyl (C=O) groups excluding carboxylic acids is 1. The van der Waals surface area contributed by atoms with Crippen LogP contribution in [0.3, 0.4) is 0 Å². The Morgan fingerprint density at radius 1 is 1.59 bits per heavy atom. The lowest BCUT2D eigenvalue weighted by Crippen LogP contribution is -2.52. The van der Waals surface area contributed by atoms with Gasteiger partial charge >= 0.3 is 0 Å². The summed E-state index contributed by atoms with van der Waals surface area (Å²) in [5, 5.41) is 9.73. The lowest BCUT2D eigenvalue weighted by atomic mass is 9.99. The number of methoxy groups -OCH3 is 1. The third-order valence-corrected chi connectivity index (χ3v) is 3.01. The molecule has 0 radical (unpaired) electrons. The third-order valence-electron chi connectivity index (χ3n) is 3.01. The molecule has 1 aromatic rings. The van der Waals surface area contributed by atoms with Crippen molar-refractivity contribution in [2.24, 2.45) is 11.7 Å². The second-order valence-electron chi connectivity index (χ2n) is 4.19. The Kier molecular flexibility index (Phi) is 3.19. The first kappa shape index (κ1) is 11.7. The van der Waals surface area contributed by atoms with Gasteiger partial charge in [0.15, 0.2) is 0 Å². The van der Waals surface area contributed by atoms with Crippen molar-refractivity contribution in [2.75, 3.05) is 26.7 Å². The average molecular weight is 236 g/mol. The van der Waals surface area contributed by atoms with Crippen molar-refractivity contribution in [3.8, 4) is 11.5 Å². The number of ether oxygens (including phenoxy) is 1. The van der Waals surface area contributed by atoms with Gasteiger partial charge in [0.2, 0.25) is 0 Å². The molecule has 0 spiro atoms. The Bertz CT molecular complexity index is 428. The molecule has 0 aliphatic carbocycles. The van der Waals surface area contributed by atoms with E-state index in [9.17, 15) is 9.90 Å². The second kappa shape index (κ2) is 4.63. The fourth-order valence-electron chi connectivity index (χ4n) is 1.87. The quantitative estimate of drug-likeness (QED) is 0.798. The Hall–Kier alpha value is -1.75. The molecule has 3 N–H and O–H groups in total. The molecule has 5 nitrogen and oxygen atoms in total. The van der Waals surface area contributed by atoms with Crippen molar-refractivity contribution in [2.45, 2.75) is 0 Å². The third kappa shape index (κ3) is 2.19. The van der Waals surface area contributed by atoms with Gasteiger partial charge in [0, 0.05) is 25.1 Å². The Labute approximate surface area is 99.8 Å². The Morgan fingerprint density at radius 3 is 2.82 bits per heavy atom. The second-order valence-corrected chi connectivity index (χ2v) is 4.19. The molecule has 1 aliphatic rings. The number of nitrogens with two attached hydrogens (primary N) is 1. The van der Waals surface area contributed by atoms with E-state index in [1.165, 1.54) is 13.2 Å². The molecular weight excluding hydrogens is 220 g/mol. The van der Waals surface area contributed by atoms with Crippen LogP contribution in [0.15, 0.2) is 18.2 Å². The van der Waals surface area contributed by atoms with Gasteiger partial charge in [-0.05, 0) is 18.7 Å². The Balaban J connectivity index is 2.10. The van der Waals surface area contributed by atoms with E-state index in [-0.39, 0.29) is 11.7 Å². The number of benzene rings is 1. The van der Waals surface area contributed by atoms with Crippen LogP contribution in [0.25, 0.3) is 0 Å². The average Bonchev–Trinajstić information content (AvgIpc) is 2.27. The predicted octanol–water partition coefficient (Wildman–Crippen LogP) is 0.431. The first-order valence-electron chi connectivity index (χ1n) is 5.52. The maximum absolute atomic E-state index is 12.0. The van der Waals surface area contributed by atoms with Crippen LogP contribution >= 0.6 is 0 Å². The van der Waals surface area contributed by atoms with Crippen molar-refractivity contribution in [1.82, 2.24) is 4.90 Å². The van der Waals surface area contributed by atoms with Gasteiger partial charge in [-0.3, -0.25) is 4.79 Å². The van der Waals surface area contributed by atoms with Gasteiger partial charge in [0.1, 0.15) is 11.5 Å². The van der Waals surface area contributed by atoms with E-state index in [1.807, 2.05) is 0 Å². The van der Waals surface area contributed by atoms with Gasteiger partial charge in [-0.15, -0.1) is 0 Å². The van der Waals surface area contributed by atoms with Crippen LogP contribution in [-0.2, 0) is 0 Å². The number of rotatable bonds is 3. The van der Waals surface area contributed by atoms with Crippen LogP contribution < -0.4 is 10.5 Å². The number of carbonyl (C=O) groups is 1. The minimum absolute atomic E-state index is 0.0504. The molecule has 1 fully saturated rings. The number of phenols is 1. The van der Waals surface area contributed by atoms with E-state index >= 15 is 0 Å². The molecule has 92 valence electrons. The normalized spacial score (nSPS) is 15.5. The molecule has 0 atom stereocenters. The summed E-state index contributed by atoms with van der Waals surface area (Å²) in [6.07, 6.45) is 0. The van der Waals surface area contributed by atoms with E-state index < -0.39 is 0 Å². The zero-order valence-electron chi connectivity index (χ0n) is 9.72. The van der Waals surface area contributed by atoms with Crippen molar-refractivity contribution in [1.29, 1.82) is 0 Å². The Morgan fingerprint density at radius 2 is 2.29 bits per heavy atom. The van der Waals surface area contributed by atoms with Crippen LogP contribution in [-0.4, -0.2) is 42.7 Å². The van der Waals surface area contributed by atoms with Gasteiger partial charge < -0.3 is 20.5 Å². The standard InChI is InChI=1S/C12H16N2O3/c1-17-9-2-3-10(11(15)4-9)12(16)14-6-8(5-13)7-14/h2-4,8,15H,5-7,13H2,1H3. The molecule has 5 heteroatoms. The number of hydrogen-bond acceptors (Lipinski definition) is 4. The first-order valence-corrected chi connectivity index (χ1v) is 5.52. The lowest BCUT2D eigenvalue weighted by Gasteiger charge is -2.38. The van der Waals surface area contributed by atoms with Gasteiger partial charge in [0.05, 0.1) is 12.7 Å². The smallest absolute Gasteiger partial charge is 0.257 e. The lowest BCUT2D eigenvalue weighted by molar-refractivity contribution is 0.0512. The van der Waals surface area contributed by atoms with E-state index in [0.717, 1.165) is 0 Å². The van der Waals surface area contributed by atoms with Crippen LogP contribution in [0.2, 0.25) is 0 Å². The number of nitrogens with zero attached hydrogens (tertiary/aromatic N) is 1. The van der Waals surface area contributed by atoms with Crippen LogP contribution in [0.5, 0.6) is 11.5 Å². The molecule has 2 rings (SSSR count). The monoisotopic (exact) mass is 236 g/mol. The first-order chi connectivity index (χ1) is 8.15. The topological polar surface area (TPSA) is 75.8 Å². The van der Waals surface area contributed by atoms with E-state index in [0.29, 0.717) is 36.9 Å². The van der Waals surface area contributed by atoms with Gasteiger partial charge in [-0.2, -0.15) is 0 Å². The fraction of sp³-hybridized carbons (Fsp3) is 0.417. The molecule has 0 aromatic heterocycles. The molecule has 1 aliphatic heterocycles. The molecule has 17 heavy (non-hydrogen) atoms. The van der Waals surface area contributed by atoms with Crippen molar-refractivity contribution in [3.63, 3.8) is 0 Å². The molecule has 1 saturated heterocycles. The number of phenolic OH excluding ortho intramolecular Hbond substituents is 1. The molecular formula is C12H16N2O3. The summed E-state index contributed by atoms with van der Waals surface area (Å²) in [7, 11) is 1.51. The number of likely N-dealkylation sites (tertiary alicyclic amines) is 1. The largest absolute Gasteiger partial charge is 0.507 e. The minimum Gasteiger partial charge on any atom is -0.507 e. The number of aromatic hydroxyl groups is 1. The molecule has 1 heterocycles. The molecule has 1 amide bonds. The van der Waals surface area contributed by atoms with E-state index in [2.05, 4.69) is 0 Å². The van der Waals surface area contributed by atoms with Gasteiger partial charge in [0.25, 0.3) is 5.91 Å². The van der Waals surface area contributed by atoms with Crippen LogP contribution in [0, 0.1) is 5.92 Å². The summed E-state index contributed by atoms with van der Waals surface area (Å²) in [6, 6.07) is 4.67. The molecule has 0 bridgehead atoms. The molecule has 1 aromatic carbocycles. The van der Waals surface area contributed by atoms with Crippen LogP contribution in [0.1, 0.15) is 10.4 Å². The molecule has 0 saturated carbocycles. The highest BCUT2D eigenvalue weighted by molar-refractivity contribution is 5.97. The van der Waals surface area contributed by atoms with Crippen molar-refractivity contribution in [3.05, 3.63) is 23.8 Å². The zero-order chi connectivity index (χ0) is 12.4. The van der Waals surface area contributed by atoms with Gasteiger partial charge in [-0.1, -0.05) is 0 Å². The highest BCUT2D eigenvalue weighted by Crippen LogP contribution is 2.26. The van der Waals surface area contributed by atoms with Crippen molar-refractivity contribution < 1.29 is 14.6 Å². The number of hydrogen-bond donors (Lipinski definition) is 2. The summed E-state index contributed by atoms with van der Waals surface area (Å²) in [5.74, 6) is 0.710. The minimum atomic E-state index is -0.158. The summed E-state index contributed by atoms with van der Waals surface area (Å²) in [6.45, 7) is 1.93. The fourth-order valence-corrected chi connectivity index (χ4v) is 1.87. The van der Waals surface area contributed by atoms with Gasteiger partial charge in [-0.25, -0.2) is 0 Å². The molecule has 0 unspecified atom stereocenters. The SMILES string of the molecule is COc1ccc(C(=O)N2CC(CN)C2)c(O)c1. The summed E-state index contributed by atoms with van der Waals surface area (Å²) in [4.78, 5) is 13.7. The predicted molar refractivity (Wildman–Crippen MR) is 63.1 cm³/mol. The summed E-state index contributed by atoms with van der Waals surface area (Å²) >= 11 is 0. The van der Waals surface area contributed by atoms with E-state index in [1.54, 1.807) is 17.0 Å².